The summed E-state index contributed by atoms with van der Waals surface area (Å²) in [5, 5.41) is 7.05. The van der Waals surface area contributed by atoms with Crippen LogP contribution in [0.3, 0.4) is 0 Å². The van der Waals surface area contributed by atoms with Crippen LogP contribution in [0.15, 0.2) is 54.7 Å². The van der Waals surface area contributed by atoms with Crippen molar-refractivity contribution in [1.82, 2.24) is 20.0 Å². The number of rotatable bonds is 4. The summed E-state index contributed by atoms with van der Waals surface area (Å²) in [6.45, 7) is 0.367. The zero-order chi connectivity index (χ0) is 21.8. The van der Waals surface area contributed by atoms with Crippen LogP contribution in [0.25, 0.3) is 22.4 Å². The van der Waals surface area contributed by atoms with Crippen LogP contribution >= 0.6 is 0 Å². The Morgan fingerprint density at radius 2 is 1.72 bits per heavy atom. The molecule has 1 aliphatic carbocycles. The second-order valence-electron chi connectivity index (χ2n) is 8.72. The average molecular weight is 426 g/mol. The molecule has 1 saturated heterocycles. The molecule has 7 nitrogen and oxygen atoms in total. The minimum absolute atomic E-state index is 0.155. The zero-order valence-electron chi connectivity index (χ0n) is 17.5. The minimum Gasteiger partial charge on any atom is -0.322 e. The van der Waals surface area contributed by atoms with Crippen molar-refractivity contribution in [3.05, 3.63) is 65.9 Å². The summed E-state index contributed by atoms with van der Waals surface area (Å²) in [7, 11) is 0. The van der Waals surface area contributed by atoms with Gasteiger partial charge in [-0.2, -0.15) is 5.10 Å². The number of piperidine rings is 1. The van der Waals surface area contributed by atoms with E-state index in [0.29, 0.717) is 24.6 Å². The highest BCUT2D eigenvalue weighted by Gasteiger charge is 2.39. The van der Waals surface area contributed by atoms with Gasteiger partial charge in [0.2, 0.25) is 11.8 Å². The van der Waals surface area contributed by atoms with E-state index in [1.807, 2.05) is 42.6 Å². The van der Waals surface area contributed by atoms with Crippen LogP contribution in [-0.4, -0.2) is 38.4 Å². The highest BCUT2D eigenvalue weighted by molar-refractivity contribution is 6.05. The number of fused-ring (bicyclic) bond motifs is 1. The fourth-order valence-electron chi connectivity index (χ4n) is 4.80. The smallest absolute Gasteiger partial charge is 0.255 e. The van der Waals surface area contributed by atoms with Crippen molar-refractivity contribution >= 4 is 17.7 Å². The van der Waals surface area contributed by atoms with Gasteiger partial charge in [-0.05, 0) is 42.5 Å². The van der Waals surface area contributed by atoms with Gasteiger partial charge in [0.1, 0.15) is 6.04 Å². The lowest BCUT2D eigenvalue weighted by Crippen LogP contribution is -2.52. The Morgan fingerprint density at radius 1 is 0.906 bits per heavy atom. The number of imide groups is 1. The van der Waals surface area contributed by atoms with Gasteiger partial charge in [0, 0.05) is 29.7 Å². The Kier molecular flexibility index (Phi) is 4.24. The van der Waals surface area contributed by atoms with Gasteiger partial charge in [-0.1, -0.05) is 36.4 Å². The monoisotopic (exact) mass is 426 g/mol. The van der Waals surface area contributed by atoms with E-state index < -0.39 is 6.04 Å². The van der Waals surface area contributed by atoms with Gasteiger partial charge in [-0.25, -0.2) is 0 Å². The van der Waals surface area contributed by atoms with E-state index >= 15 is 0 Å². The van der Waals surface area contributed by atoms with Crippen molar-refractivity contribution in [2.24, 2.45) is 0 Å². The van der Waals surface area contributed by atoms with Gasteiger partial charge in [-0.3, -0.25) is 24.4 Å². The number of nitrogens with zero attached hydrogens (tertiary/aromatic N) is 3. The van der Waals surface area contributed by atoms with Crippen LogP contribution in [0.2, 0.25) is 0 Å². The van der Waals surface area contributed by atoms with E-state index in [9.17, 15) is 14.4 Å². The highest BCUT2D eigenvalue weighted by Crippen LogP contribution is 2.42. The number of benzene rings is 2. The van der Waals surface area contributed by atoms with E-state index in [1.54, 1.807) is 4.90 Å². The third kappa shape index (κ3) is 3.04. The number of hydrogen-bond donors (Lipinski definition) is 1. The number of carbonyl (C=O) groups excluding carboxylic acids is 3. The number of carbonyl (C=O) groups is 3. The fraction of sp³-hybridized carbons (Fsp3) is 0.280. The minimum atomic E-state index is -0.603. The maximum absolute atomic E-state index is 13.0. The van der Waals surface area contributed by atoms with Crippen molar-refractivity contribution in [3.8, 4) is 22.4 Å². The first-order chi connectivity index (χ1) is 15.6. The largest absolute Gasteiger partial charge is 0.322 e. The molecule has 2 aromatic carbocycles. The highest BCUT2D eigenvalue weighted by atomic mass is 16.2. The predicted molar refractivity (Wildman–Crippen MR) is 117 cm³/mol. The molecule has 160 valence electrons. The van der Waals surface area contributed by atoms with Crippen LogP contribution in [0.1, 0.15) is 47.6 Å². The Hall–Kier alpha value is -3.74. The van der Waals surface area contributed by atoms with E-state index in [1.165, 1.54) is 0 Å². The standard InChI is InChI=1S/C25H22N4O3/c30-22-11-10-21(24(31)27-22)28-14-17-12-16(6-9-19(17)25(28)32)20-13-26-29(18-7-8-18)23(20)15-4-2-1-3-5-15/h1-6,9,12-13,18,21H,7-8,10-11,14H2,(H,27,30,31). The number of amides is 3. The molecular weight excluding hydrogens is 404 g/mol. The molecule has 1 saturated carbocycles. The summed E-state index contributed by atoms with van der Waals surface area (Å²) in [6.07, 6.45) is 4.81. The lowest BCUT2D eigenvalue weighted by Gasteiger charge is -2.29. The van der Waals surface area contributed by atoms with E-state index in [2.05, 4.69) is 22.1 Å². The lowest BCUT2D eigenvalue weighted by atomic mass is 9.98. The van der Waals surface area contributed by atoms with Gasteiger partial charge < -0.3 is 4.90 Å². The second-order valence-corrected chi connectivity index (χ2v) is 8.72. The summed E-state index contributed by atoms with van der Waals surface area (Å²) in [5.41, 5.74) is 5.78. The van der Waals surface area contributed by atoms with Gasteiger partial charge in [0.15, 0.2) is 0 Å². The zero-order valence-corrected chi connectivity index (χ0v) is 17.5. The number of aromatic nitrogens is 2. The molecule has 32 heavy (non-hydrogen) atoms. The molecule has 1 N–H and O–H groups in total. The van der Waals surface area contributed by atoms with Crippen molar-refractivity contribution < 1.29 is 14.4 Å². The number of nitrogens with one attached hydrogen (secondary N) is 1. The van der Waals surface area contributed by atoms with Crippen molar-refractivity contribution in [2.75, 3.05) is 0 Å². The summed E-state index contributed by atoms with van der Waals surface area (Å²) < 4.78 is 2.12. The molecule has 3 amide bonds. The molecule has 1 atom stereocenters. The molecule has 3 aromatic rings. The Balaban J connectivity index is 1.36. The average Bonchev–Trinajstić information content (AvgIpc) is 3.47. The molecule has 2 aliphatic heterocycles. The van der Waals surface area contributed by atoms with E-state index in [0.717, 1.165) is 40.8 Å². The third-order valence-electron chi connectivity index (χ3n) is 6.57. The lowest BCUT2D eigenvalue weighted by molar-refractivity contribution is -0.136. The van der Waals surface area contributed by atoms with Crippen molar-refractivity contribution in [2.45, 2.75) is 44.3 Å². The Morgan fingerprint density at radius 3 is 2.47 bits per heavy atom. The molecule has 7 heteroatoms. The Labute approximate surface area is 185 Å². The van der Waals surface area contributed by atoms with Crippen LogP contribution in [0.5, 0.6) is 0 Å². The molecule has 3 heterocycles. The summed E-state index contributed by atoms with van der Waals surface area (Å²) in [5.74, 6) is -0.823. The maximum Gasteiger partial charge on any atom is 0.255 e. The maximum atomic E-state index is 13.0. The topological polar surface area (TPSA) is 84.3 Å². The quantitative estimate of drug-likeness (QED) is 0.649. The summed E-state index contributed by atoms with van der Waals surface area (Å²) in [6, 6.07) is 16.0. The van der Waals surface area contributed by atoms with Gasteiger partial charge in [0.05, 0.1) is 17.9 Å². The summed E-state index contributed by atoms with van der Waals surface area (Å²) in [4.78, 5) is 38.4. The van der Waals surface area contributed by atoms with E-state index in [4.69, 9.17) is 5.10 Å². The molecule has 0 radical (unpaired) electrons. The van der Waals surface area contributed by atoms with Crippen molar-refractivity contribution in [3.63, 3.8) is 0 Å². The summed E-state index contributed by atoms with van der Waals surface area (Å²) >= 11 is 0. The van der Waals surface area contributed by atoms with Crippen LogP contribution in [-0.2, 0) is 16.1 Å². The van der Waals surface area contributed by atoms with E-state index in [-0.39, 0.29) is 24.1 Å². The van der Waals surface area contributed by atoms with Gasteiger partial charge in [0.25, 0.3) is 5.91 Å². The van der Waals surface area contributed by atoms with Crippen LogP contribution < -0.4 is 5.32 Å². The third-order valence-corrected chi connectivity index (χ3v) is 6.57. The predicted octanol–water partition coefficient (Wildman–Crippen LogP) is 3.31. The molecule has 2 fully saturated rings. The van der Waals surface area contributed by atoms with Crippen LogP contribution in [0.4, 0.5) is 0 Å². The number of hydrogen-bond acceptors (Lipinski definition) is 4. The second kappa shape index (κ2) is 7.15. The Bertz CT molecular complexity index is 1260. The molecule has 0 bridgehead atoms. The SMILES string of the molecule is O=C1CCC(N2Cc3cc(-c4cnn(C5CC5)c4-c4ccccc4)ccc3C2=O)C(=O)N1. The molecular formula is C25H22N4O3. The normalized spacial score (nSPS) is 20.4. The fourth-order valence-corrected chi connectivity index (χ4v) is 4.80. The molecule has 1 unspecified atom stereocenters. The first-order valence-electron chi connectivity index (χ1n) is 11.0. The molecule has 6 rings (SSSR count). The molecule has 3 aliphatic rings. The van der Waals surface area contributed by atoms with Crippen LogP contribution in [0, 0.1) is 0 Å². The first-order valence-corrected chi connectivity index (χ1v) is 11.0. The molecule has 1 aromatic heterocycles. The van der Waals surface area contributed by atoms with Crippen molar-refractivity contribution in [1.29, 1.82) is 0 Å². The first kappa shape index (κ1) is 19.0. The van der Waals surface area contributed by atoms with Gasteiger partial charge in [-0.15, -0.1) is 0 Å². The van der Waals surface area contributed by atoms with Gasteiger partial charge >= 0.3 is 0 Å². The molecule has 0 spiro atoms.